The first-order valence-electron chi connectivity index (χ1n) is 5.85. The van der Waals surface area contributed by atoms with Crippen LogP contribution in [-0.2, 0) is 0 Å². The fourth-order valence-corrected chi connectivity index (χ4v) is 2.35. The van der Waals surface area contributed by atoms with Crippen LogP contribution in [0.25, 0.3) is 0 Å². The molecule has 3 heteroatoms. The second kappa shape index (κ2) is 6.09. The Hall–Kier alpha value is -1.23. The zero-order valence-corrected chi connectivity index (χ0v) is 12.6. The summed E-state index contributed by atoms with van der Waals surface area (Å²) in [4.78, 5) is 0. The number of rotatable bonds is 4. The Morgan fingerprint density at radius 3 is 2.61 bits per heavy atom. The summed E-state index contributed by atoms with van der Waals surface area (Å²) in [5.41, 5.74) is 2.38. The molecular weight excluding hydrogens is 337 g/mol. The fraction of sp³-hybridized carbons (Fsp3) is 0.200. The van der Waals surface area contributed by atoms with Crippen molar-refractivity contribution < 1.29 is 4.74 Å². The summed E-state index contributed by atoms with van der Waals surface area (Å²) in [6, 6.07) is 16.7. The first kappa shape index (κ1) is 13.2. The highest BCUT2D eigenvalue weighted by atomic mass is 127. The van der Waals surface area contributed by atoms with E-state index in [1.807, 2.05) is 24.3 Å². The van der Waals surface area contributed by atoms with Gasteiger partial charge in [0.05, 0.1) is 7.11 Å². The summed E-state index contributed by atoms with van der Waals surface area (Å²) in [7, 11) is 1.69. The van der Waals surface area contributed by atoms with Crippen LogP contribution in [0.3, 0.4) is 0 Å². The van der Waals surface area contributed by atoms with Crippen LogP contribution in [-0.4, -0.2) is 7.11 Å². The van der Waals surface area contributed by atoms with E-state index in [1.54, 1.807) is 7.11 Å². The molecule has 94 valence electrons. The Balaban J connectivity index is 2.16. The molecule has 18 heavy (non-hydrogen) atoms. The number of para-hydroxylation sites is 1. The average molecular weight is 353 g/mol. The van der Waals surface area contributed by atoms with E-state index in [0.29, 0.717) is 0 Å². The third-order valence-electron chi connectivity index (χ3n) is 2.84. The zero-order valence-electron chi connectivity index (χ0n) is 10.5. The van der Waals surface area contributed by atoms with E-state index in [0.717, 1.165) is 11.4 Å². The van der Waals surface area contributed by atoms with Crippen molar-refractivity contribution in [2.24, 2.45) is 0 Å². The predicted molar refractivity (Wildman–Crippen MR) is 84.2 cm³/mol. The Bertz CT molecular complexity index is 527. The molecule has 2 aromatic carbocycles. The zero-order chi connectivity index (χ0) is 13.0. The lowest BCUT2D eigenvalue weighted by Gasteiger charge is -2.17. The van der Waals surface area contributed by atoms with E-state index in [-0.39, 0.29) is 6.04 Å². The molecular formula is C15H16INO. The van der Waals surface area contributed by atoms with Crippen LogP contribution in [0, 0.1) is 3.57 Å². The van der Waals surface area contributed by atoms with Gasteiger partial charge in [0, 0.05) is 15.3 Å². The van der Waals surface area contributed by atoms with Crippen LogP contribution in [0.1, 0.15) is 18.5 Å². The number of hydrogen-bond acceptors (Lipinski definition) is 2. The third-order valence-corrected chi connectivity index (χ3v) is 3.78. The molecule has 1 N–H and O–H groups in total. The maximum atomic E-state index is 5.25. The summed E-state index contributed by atoms with van der Waals surface area (Å²) in [6.45, 7) is 2.15. The molecule has 0 bridgehead atoms. The van der Waals surface area contributed by atoms with E-state index in [1.165, 1.54) is 9.13 Å². The molecule has 0 fully saturated rings. The van der Waals surface area contributed by atoms with Crippen molar-refractivity contribution in [2.45, 2.75) is 13.0 Å². The van der Waals surface area contributed by atoms with Crippen molar-refractivity contribution in [3.63, 3.8) is 0 Å². The quantitative estimate of drug-likeness (QED) is 0.819. The van der Waals surface area contributed by atoms with Crippen molar-refractivity contribution in [3.8, 4) is 5.75 Å². The Morgan fingerprint density at radius 2 is 1.89 bits per heavy atom. The second-order valence-electron chi connectivity index (χ2n) is 4.12. The molecule has 2 aromatic rings. The Kier molecular flexibility index (Phi) is 4.47. The molecule has 0 radical (unpaired) electrons. The van der Waals surface area contributed by atoms with Gasteiger partial charge in [0.25, 0.3) is 0 Å². The highest BCUT2D eigenvalue weighted by molar-refractivity contribution is 14.1. The normalized spacial score (nSPS) is 11.9. The monoisotopic (exact) mass is 353 g/mol. The van der Waals surface area contributed by atoms with Crippen LogP contribution in [0.4, 0.5) is 5.69 Å². The highest BCUT2D eigenvalue weighted by Gasteiger charge is 2.07. The van der Waals surface area contributed by atoms with E-state index >= 15 is 0 Å². The fourth-order valence-electron chi connectivity index (χ4n) is 1.81. The largest absolute Gasteiger partial charge is 0.497 e. The number of anilines is 1. The number of nitrogens with one attached hydrogen (secondary N) is 1. The second-order valence-corrected chi connectivity index (χ2v) is 5.28. The van der Waals surface area contributed by atoms with Gasteiger partial charge in [0.15, 0.2) is 0 Å². The van der Waals surface area contributed by atoms with E-state index in [4.69, 9.17) is 4.74 Å². The number of ether oxygens (including phenoxy) is 1. The highest BCUT2D eigenvalue weighted by Crippen LogP contribution is 2.25. The Morgan fingerprint density at radius 1 is 1.11 bits per heavy atom. The van der Waals surface area contributed by atoms with E-state index in [2.05, 4.69) is 59.1 Å². The van der Waals surface area contributed by atoms with Crippen LogP contribution in [0.5, 0.6) is 5.75 Å². The third kappa shape index (κ3) is 3.16. The molecule has 0 aliphatic rings. The molecule has 0 spiro atoms. The van der Waals surface area contributed by atoms with Crippen LogP contribution in [0.2, 0.25) is 0 Å². The molecule has 0 saturated carbocycles. The van der Waals surface area contributed by atoms with Gasteiger partial charge in [0.2, 0.25) is 0 Å². The maximum Gasteiger partial charge on any atom is 0.119 e. The smallest absolute Gasteiger partial charge is 0.119 e. The van der Waals surface area contributed by atoms with Gasteiger partial charge in [-0.25, -0.2) is 0 Å². The van der Waals surface area contributed by atoms with Crippen molar-refractivity contribution in [1.29, 1.82) is 0 Å². The van der Waals surface area contributed by atoms with E-state index in [9.17, 15) is 0 Å². The number of benzene rings is 2. The molecule has 0 aliphatic carbocycles. The lowest BCUT2D eigenvalue weighted by molar-refractivity contribution is 0.414. The topological polar surface area (TPSA) is 21.3 Å². The van der Waals surface area contributed by atoms with E-state index < -0.39 is 0 Å². The average Bonchev–Trinajstić information content (AvgIpc) is 2.41. The lowest BCUT2D eigenvalue weighted by atomic mass is 10.1. The molecule has 0 aliphatic heterocycles. The molecule has 1 atom stereocenters. The lowest BCUT2D eigenvalue weighted by Crippen LogP contribution is -2.07. The first-order valence-corrected chi connectivity index (χ1v) is 6.93. The maximum absolute atomic E-state index is 5.25. The predicted octanol–water partition coefficient (Wildman–Crippen LogP) is 4.47. The molecule has 1 unspecified atom stereocenters. The molecule has 2 rings (SSSR count). The summed E-state index contributed by atoms with van der Waals surface area (Å²) in [5, 5.41) is 3.51. The summed E-state index contributed by atoms with van der Waals surface area (Å²) in [6.07, 6.45) is 0. The van der Waals surface area contributed by atoms with Crippen molar-refractivity contribution >= 4 is 28.3 Å². The van der Waals surface area contributed by atoms with Gasteiger partial charge >= 0.3 is 0 Å². The molecule has 0 heterocycles. The van der Waals surface area contributed by atoms with Gasteiger partial charge in [-0.3, -0.25) is 0 Å². The van der Waals surface area contributed by atoms with Crippen LogP contribution in [0.15, 0.2) is 48.5 Å². The summed E-state index contributed by atoms with van der Waals surface area (Å²) >= 11 is 2.34. The molecule has 2 nitrogen and oxygen atoms in total. The van der Waals surface area contributed by atoms with Crippen molar-refractivity contribution in [1.82, 2.24) is 0 Å². The standard InChI is InChI=1S/C15H16INO/c1-11(12-6-5-7-13(10-12)18-2)17-15-9-4-3-8-14(15)16/h3-11,17H,1-2H3. The number of hydrogen-bond donors (Lipinski definition) is 1. The van der Waals surface area contributed by atoms with Gasteiger partial charge in [-0.05, 0) is 59.3 Å². The van der Waals surface area contributed by atoms with Gasteiger partial charge in [-0.1, -0.05) is 24.3 Å². The van der Waals surface area contributed by atoms with Gasteiger partial charge in [-0.15, -0.1) is 0 Å². The number of halogens is 1. The minimum atomic E-state index is 0.246. The molecule has 0 saturated heterocycles. The van der Waals surface area contributed by atoms with Gasteiger partial charge in [0.1, 0.15) is 5.75 Å². The minimum Gasteiger partial charge on any atom is -0.497 e. The number of methoxy groups -OCH3 is 1. The van der Waals surface area contributed by atoms with Gasteiger partial charge < -0.3 is 10.1 Å². The summed E-state index contributed by atoms with van der Waals surface area (Å²) < 4.78 is 6.48. The van der Waals surface area contributed by atoms with Crippen LogP contribution >= 0.6 is 22.6 Å². The molecule has 0 aromatic heterocycles. The van der Waals surface area contributed by atoms with Crippen LogP contribution < -0.4 is 10.1 Å². The minimum absolute atomic E-state index is 0.246. The van der Waals surface area contributed by atoms with Crippen molar-refractivity contribution in [3.05, 3.63) is 57.7 Å². The summed E-state index contributed by atoms with van der Waals surface area (Å²) in [5.74, 6) is 0.893. The Labute approximate surface area is 122 Å². The SMILES string of the molecule is COc1cccc(C(C)Nc2ccccc2I)c1. The van der Waals surface area contributed by atoms with Crippen molar-refractivity contribution in [2.75, 3.05) is 12.4 Å². The first-order chi connectivity index (χ1) is 8.70. The molecule has 0 amide bonds. The van der Waals surface area contributed by atoms with Gasteiger partial charge in [-0.2, -0.15) is 0 Å².